The van der Waals surface area contributed by atoms with E-state index in [1.807, 2.05) is 0 Å². The molecular weight excluding hydrogens is 387 g/mol. The van der Waals surface area contributed by atoms with Gasteiger partial charge in [0.15, 0.2) is 0 Å². The Bertz CT molecular complexity index is 544. The van der Waals surface area contributed by atoms with E-state index in [1.165, 1.54) is 25.3 Å². The predicted octanol–water partition coefficient (Wildman–Crippen LogP) is 2.20. The first-order chi connectivity index (χ1) is 10.2. The molecule has 0 atom stereocenters. The van der Waals surface area contributed by atoms with Crippen molar-refractivity contribution < 1.29 is 25.6 Å². The molecule has 0 amide bonds. The SMILES string of the molecule is CC[Si](CC)(CC)Oc1cccc([I-]c2ccccc2)c1. The van der Waals surface area contributed by atoms with Crippen molar-refractivity contribution in [2.45, 2.75) is 38.9 Å². The summed E-state index contributed by atoms with van der Waals surface area (Å²) in [6.07, 6.45) is 0. The molecule has 1 nitrogen and oxygen atoms in total. The average Bonchev–Trinajstić information content (AvgIpc) is 2.54. The van der Waals surface area contributed by atoms with E-state index in [1.54, 1.807) is 0 Å². The fourth-order valence-corrected chi connectivity index (χ4v) is 7.31. The van der Waals surface area contributed by atoms with Gasteiger partial charge in [0.25, 0.3) is 0 Å². The van der Waals surface area contributed by atoms with Gasteiger partial charge in [-0.1, -0.05) is 0 Å². The zero-order valence-corrected chi connectivity index (χ0v) is 16.3. The molecule has 0 heterocycles. The second kappa shape index (κ2) is 7.99. The first-order valence-electron chi connectivity index (χ1n) is 7.70. The van der Waals surface area contributed by atoms with Crippen molar-refractivity contribution in [1.29, 1.82) is 0 Å². The van der Waals surface area contributed by atoms with Crippen LogP contribution in [0.3, 0.4) is 0 Å². The molecule has 3 heteroatoms. The number of benzene rings is 2. The summed E-state index contributed by atoms with van der Waals surface area (Å²) in [4.78, 5) is 0. The summed E-state index contributed by atoms with van der Waals surface area (Å²) in [7, 11) is -1.56. The van der Waals surface area contributed by atoms with E-state index in [0.29, 0.717) is 0 Å². The van der Waals surface area contributed by atoms with Gasteiger partial charge in [0.2, 0.25) is 0 Å². The molecule has 0 bridgehead atoms. The van der Waals surface area contributed by atoms with Crippen LogP contribution in [0, 0.1) is 7.14 Å². The van der Waals surface area contributed by atoms with Crippen molar-refractivity contribution in [1.82, 2.24) is 0 Å². The number of hydrogen-bond acceptors (Lipinski definition) is 1. The van der Waals surface area contributed by atoms with Crippen LogP contribution in [-0.2, 0) is 0 Å². The van der Waals surface area contributed by atoms with Crippen LogP contribution < -0.4 is 25.6 Å². The van der Waals surface area contributed by atoms with Gasteiger partial charge >= 0.3 is 140 Å². The van der Waals surface area contributed by atoms with Crippen LogP contribution in [0.4, 0.5) is 0 Å². The summed E-state index contributed by atoms with van der Waals surface area (Å²) in [5, 5.41) is 0. The van der Waals surface area contributed by atoms with Crippen LogP contribution in [0.15, 0.2) is 54.6 Å². The number of halogens is 1. The molecule has 0 fully saturated rings. The second-order valence-corrected chi connectivity index (χ2v) is 12.9. The Labute approximate surface area is 140 Å². The topological polar surface area (TPSA) is 9.23 Å². The first-order valence-corrected chi connectivity index (χ1v) is 12.4. The first kappa shape index (κ1) is 16.6. The molecule has 0 saturated heterocycles. The molecular formula is C18H24IOSi-. The van der Waals surface area contributed by atoms with Gasteiger partial charge in [-0.3, -0.25) is 0 Å². The van der Waals surface area contributed by atoms with Gasteiger partial charge in [-0.05, 0) is 0 Å². The summed E-state index contributed by atoms with van der Waals surface area (Å²) in [6, 6.07) is 23.1. The fourth-order valence-electron chi connectivity index (χ4n) is 2.41. The van der Waals surface area contributed by atoms with E-state index in [4.69, 9.17) is 4.43 Å². The molecule has 114 valence electrons. The normalized spacial score (nSPS) is 11.6. The van der Waals surface area contributed by atoms with E-state index >= 15 is 0 Å². The van der Waals surface area contributed by atoms with Crippen molar-refractivity contribution in [3.05, 3.63) is 61.7 Å². The van der Waals surface area contributed by atoms with E-state index in [2.05, 4.69) is 75.4 Å². The van der Waals surface area contributed by atoms with Crippen LogP contribution in [0.5, 0.6) is 5.75 Å². The Morgan fingerprint density at radius 2 is 1.43 bits per heavy atom. The van der Waals surface area contributed by atoms with E-state index in [0.717, 1.165) is 5.75 Å². The maximum atomic E-state index is 6.48. The van der Waals surface area contributed by atoms with Gasteiger partial charge in [0.1, 0.15) is 0 Å². The van der Waals surface area contributed by atoms with Gasteiger partial charge < -0.3 is 0 Å². The van der Waals surface area contributed by atoms with E-state index < -0.39 is 8.32 Å². The Morgan fingerprint density at radius 3 is 2.05 bits per heavy atom. The zero-order valence-electron chi connectivity index (χ0n) is 13.1. The van der Waals surface area contributed by atoms with Crippen LogP contribution in [0.1, 0.15) is 20.8 Å². The Balaban J connectivity index is 2.14. The molecule has 0 aliphatic carbocycles. The van der Waals surface area contributed by atoms with E-state index in [9.17, 15) is 0 Å². The minimum absolute atomic E-state index is 0.109. The molecule has 2 rings (SSSR count). The van der Waals surface area contributed by atoms with E-state index in [-0.39, 0.29) is 21.2 Å². The monoisotopic (exact) mass is 411 g/mol. The standard InChI is InChI=1S/C18H24IOSi/c1-4-21(5-2,6-3)20-18-14-10-13-17(15-18)19-16-11-8-7-9-12-16/h7-15H,4-6H2,1-3H3/q-1. The van der Waals surface area contributed by atoms with Crippen LogP contribution in [0.25, 0.3) is 0 Å². The molecule has 0 radical (unpaired) electrons. The Kier molecular flexibility index (Phi) is 6.30. The molecule has 2 aromatic carbocycles. The third-order valence-electron chi connectivity index (χ3n) is 4.01. The van der Waals surface area contributed by atoms with Crippen molar-refractivity contribution in [3.8, 4) is 5.75 Å². The quantitative estimate of drug-likeness (QED) is 0.502. The van der Waals surface area contributed by atoms with Crippen molar-refractivity contribution in [3.63, 3.8) is 0 Å². The van der Waals surface area contributed by atoms with Gasteiger partial charge in [-0.25, -0.2) is 0 Å². The summed E-state index contributed by atoms with van der Waals surface area (Å²) >= 11 is -0.109. The van der Waals surface area contributed by atoms with Crippen molar-refractivity contribution >= 4 is 8.32 Å². The number of hydrogen-bond donors (Lipinski definition) is 0. The molecule has 0 unspecified atom stereocenters. The Morgan fingerprint density at radius 1 is 0.810 bits per heavy atom. The average molecular weight is 411 g/mol. The molecule has 0 aliphatic heterocycles. The maximum absolute atomic E-state index is 6.48. The third-order valence-corrected chi connectivity index (χ3v) is 11.2. The van der Waals surface area contributed by atoms with Crippen LogP contribution in [0.2, 0.25) is 18.1 Å². The molecule has 2 aromatic rings. The molecule has 0 N–H and O–H groups in total. The minimum atomic E-state index is -1.56. The summed E-state index contributed by atoms with van der Waals surface area (Å²) in [6.45, 7) is 6.83. The van der Waals surface area contributed by atoms with Crippen LogP contribution in [-0.4, -0.2) is 8.32 Å². The van der Waals surface area contributed by atoms with Gasteiger partial charge in [0, 0.05) is 0 Å². The summed E-state index contributed by atoms with van der Waals surface area (Å²) < 4.78 is 9.38. The molecule has 0 spiro atoms. The number of rotatable bonds is 7. The van der Waals surface area contributed by atoms with Crippen molar-refractivity contribution in [2.75, 3.05) is 0 Å². The molecule has 0 aromatic heterocycles. The van der Waals surface area contributed by atoms with Crippen LogP contribution >= 0.6 is 0 Å². The molecule has 0 saturated carbocycles. The van der Waals surface area contributed by atoms with Gasteiger partial charge in [0.05, 0.1) is 0 Å². The Hall–Kier alpha value is -0.813. The summed E-state index contributed by atoms with van der Waals surface area (Å²) in [5.41, 5.74) is 0. The zero-order chi connectivity index (χ0) is 15.1. The predicted molar refractivity (Wildman–Crippen MR) is 88.1 cm³/mol. The second-order valence-electron chi connectivity index (χ2n) is 5.19. The summed E-state index contributed by atoms with van der Waals surface area (Å²) in [5.74, 6) is 1.08. The molecule has 21 heavy (non-hydrogen) atoms. The fraction of sp³-hybridized carbons (Fsp3) is 0.333. The van der Waals surface area contributed by atoms with Gasteiger partial charge in [-0.15, -0.1) is 0 Å². The van der Waals surface area contributed by atoms with Crippen molar-refractivity contribution in [2.24, 2.45) is 0 Å². The third kappa shape index (κ3) is 4.58. The van der Waals surface area contributed by atoms with Gasteiger partial charge in [-0.2, -0.15) is 0 Å². The molecule has 0 aliphatic rings.